The summed E-state index contributed by atoms with van der Waals surface area (Å²) in [5, 5.41) is 6.03. The molecule has 1 saturated carbocycles. The van der Waals surface area contributed by atoms with Gasteiger partial charge in [-0.05, 0) is 49.9 Å². The first-order chi connectivity index (χ1) is 8.65. The molecule has 0 bridgehead atoms. The molecule has 2 N–H and O–H groups in total. The van der Waals surface area contributed by atoms with E-state index in [-0.39, 0.29) is 17.8 Å². The number of carbonyl (C=O) groups excluding carboxylic acids is 1. The Labute approximate surface area is 107 Å². The Morgan fingerprint density at radius 3 is 2.67 bits per heavy atom. The third-order valence-corrected chi connectivity index (χ3v) is 3.16. The highest BCUT2D eigenvalue weighted by atomic mass is 19.1. The van der Waals surface area contributed by atoms with Gasteiger partial charge in [-0.1, -0.05) is 12.1 Å². The lowest BCUT2D eigenvalue weighted by Gasteiger charge is -2.14. The van der Waals surface area contributed by atoms with Gasteiger partial charge in [0.05, 0.1) is 12.6 Å². The van der Waals surface area contributed by atoms with Crippen molar-refractivity contribution < 1.29 is 9.18 Å². The van der Waals surface area contributed by atoms with Crippen molar-refractivity contribution in [3.63, 3.8) is 0 Å². The third kappa shape index (κ3) is 4.11. The van der Waals surface area contributed by atoms with Gasteiger partial charge in [0.1, 0.15) is 5.82 Å². The smallest absolute Gasteiger partial charge is 0.234 e. The number of halogens is 1. The maximum absolute atomic E-state index is 12.8. The van der Waals surface area contributed by atoms with Gasteiger partial charge in [-0.3, -0.25) is 4.79 Å². The van der Waals surface area contributed by atoms with Crippen molar-refractivity contribution in [3.8, 4) is 0 Å². The van der Waals surface area contributed by atoms with Crippen molar-refractivity contribution >= 4 is 5.91 Å². The average Bonchev–Trinajstić information content (AvgIpc) is 3.13. The molecule has 0 radical (unpaired) electrons. The summed E-state index contributed by atoms with van der Waals surface area (Å²) in [4.78, 5) is 11.6. The Hall–Kier alpha value is -1.42. The summed E-state index contributed by atoms with van der Waals surface area (Å²) >= 11 is 0. The molecule has 2 rings (SSSR count). The lowest BCUT2D eigenvalue weighted by molar-refractivity contribution is -0.120. The van der Waals surface area contributed by atoms with Crippen LogP contribution in [0.25, 0.3) is 0 Å². The van der Waals surface area contributed by atoms with Crippen LogP contribution in [0.5, 0.6) is 0 Å². The second-order valence-corrected chi connectivity index (χ2v) is 4.92. The molecule has 1 aliphatic carbocycles. The van der Waals surface area contributed by atoms with Crippen LogP contribution in [0.1, 0.15) is 31.4 Å². The maximum atomic E-state index is 12.8. The number of rotatable bonds is 6. The van der Waals surface area contributed by atoms with Crippen LogP contribution >= 0.6 is 0 Å². The first-order valence-electron chi connectivity index (χ1n) is 6.40. The van der Waals surface area contributed by atoms with Gasteiger partial charge in [0.15, 0.2) is 0 Å². The lowest BCUT2D eigenvalue weighted by atomic mass is 10.1. The Morgan fingerprint density at radius 1 is 1.39 bits per heavy atom. The van der Waals surface area contributed by atoms with Crippen LogP contribution in [-0.4, -0.2) is 19.0 Å². The Morgan fingerprint density at radius 2 is 2.06 bits per heavy atom. The molecule has 1 fully saturated rings. The molecule has 1 aliphatic rings. The molecule has 1 amide bonds. The summed E-state index contributed by atoms with van der Waals surface area (Å²) in [6.45, 7) is 3.17. The predicted molar refractivity (Wildman–Crippen MR) is 68.6 cm³/mol. The minimum absolute atomic E-state index is 0.0209. The maximum Gasteiger partial charge on any atom is 0.234 e. The molecule has 0 aliphatic heterocycles. The molecule has 0 spiro atoms. The summed E-state index contributed by atoms with van der Waals surface area (Å²) in [5.74, 6) is 0.489. The molecule has 0 saturated heterocycles. The van der Waals surface area contributed by atoms with Gasteiger partial charge in [-0.2, -0.15) is 0 Å². The SMILES string of the molecule is C[C@@H](NC(=O)CNCC1CC1)c1ccc(F)cc1. The Kier molecular flexibility index (Phi) is 4.31. The van der Waals surface area contributed by atoms with E-state index in [9.17, 15) is 9.18 Å². The van der Waals surface area contributed by atoms with Crippen LogP contribution in [0.4, 0.5) is 4.39 Å². The van der Waals surface area contributed by atoms with Crippen molar-refractivity contribution in [3.05, 3.63) is 35.6 Å². The minimum Gasteiger partial charge on any atom is -0.348 e. The van der Waals surface area contributed by atoms with Crippen LogP contribution in [-0.2, 0) is 4.79 Å². The standard InChI is InChI=1S/C14H19FN2O/c1-10(12-4-6-13(15)7-5-12)17-14(18)9-16-8-11-2-3-11/h4-7,10-11,16H,2-3,8-9H2,1H3,(H,17,18)/t10-/m1/s1. The molecule has 18 heavy (non-hydrogen) atoms. The van der Waals surface area contributed by atoms with E-state index in [1.165, 1.54) is 25.0 Å². The van der Waals surface area contributed by atoms with Gasteiger partial charge in [0.2, 0.25) is 5.91 Å². The van der Waals surface area contributed by atoms with Crippen LogP contribution < -0.4 is 10.6 Å². The normalized spacial score (nSPS) is 16.3. The number of hydrogen-bond acceptors (Lipinski definition) is 2. The molecule has 98 valence electrons. The predicted octanol–water partition coefficient (Wildman–Crippen LogP) is 2.00. The quantitative estimate of drug-likeness (QED) is 0.811. The van der Waals surface area contributed by atoms with E-state index in [2.05, 4.69) is 10.6 Å². The fourth-order valence-electron chi connectivity index (χ4n) is 1.84. The van der Waals surface area contributed by atoms with Gasteiger partial charge in [0, 0.05) is 0 Å². The fraction of sp³-hybridized carbons (Fsp3) is 0.500. The van der Waals surface area contributed by atoms with E-state index in [0.717, 1.165) is 18.0 Å². The highest BCUT2D eigenvalue weighted by Gasteiger charge is 2.20. The summed E-state index contributed by atoms with van der Waals surface area (Å²) < 4.78 is 12.8. The van der Waals surface area contributed by atoms with Crippen LogP contribution in [0.3, 0.4) is 0 Å². The monoisotopic (exact) mass is 250 g/mol. The summed E-state index contributed by atoms with van der Waals surface area (Å²) in [7, 11) is 0. The molecular formula is C14H19FN2O. The largest absolute Gasteiger partial charge is 0.348 e. The average molecular weight is 250 g/mol. The summed E-state index contributed by atoms with van der Waals surface area (Å²) in [6, 6.07) is 6.10. The van der Waals surface area contributed by atoms with Crippen LogP contribution in [0.15, 0.2) is 24.3 Å². The topological polar surface area (TPSA) is 41.1 Å². The van der Waals surface area contributed by atoms with Crippen molar-refractivity contribution in [1.82, 2.24) is 10.6 Å². The molecule has 0 unspecified atom stereocenters. The molecule has 0 heterocycles. The number of amides is 1. The van der Waals surface area contributed by atoms with Crippen molar-refractivity contribution in [2.24, 2.45) is 5.92 Å². The van der Waals surface area contributed by atoms with Crippen molar-refractivity contribution in [2.45, 2.75) is 25.8 Å². The highest BCUT2D eigenvalue weighted by molar-refractivity contribution is 5.78. The number of benzene rings is 1. The molecule has 1 aromatic rings. The van der Waals surface area contributed by atoms with Crippen molar-refractivity contribution in [2.75, 3.05) is 13.1 Å². The van der Waals surface area contributed by atoms with Gasteiger partial charge >= 0.3 is 0 Å². The first-order valence-corrected chi connectivity index (χ1v) is 6.40. The lowest BCUT2D eigenvalue weighted by Crippen LogP contribution is -2.36. The van der Waals surface area contributed by atoms with Gasteiger partial charge in [0.25, 0.3) is 0 Å². The third-order valence-electron chi connectivity index (χ3n) is 3.16. The summed E-state index contributed by atoms with van der Waals surface area (Å²) in [6.07, 6.45) is 2.56. The zero-order valence-electron chi connectivity index (χ0n) is 10.6. The van der Waals surface area contributed by atoms with E-state index >= 15 is 0 Å². The Bertz CT molecular complexity index is 401. The van der Waals surface area contributed by atoms with Crippen LogP contribution in [0, 0.1) is 11.7 Å². The molecular weight excluding hydrogens is 231 g/mol. The zero-order chi connectivity index (χ0) is 13.0. The summed E-state index contributed by atoms with van der Waals surface area (Å²) in [5.41, 5.74) is 0.909. The van der Waals surface area contributed by atoms with E-state index in [1.54, 1.807) is 12.1 Å². The van der Waals surface area contributed by atoms with Crippen molar-refractivity contribution in [1.29, 1.82) is 0 Å². The van der Waals surface area contributed by atoms with E-state index in [4.69, 9.17) is 0 Å². The molecule has 4 heteroatoms. The minimum atomic E-state index is -0.261. The highest BCUT2D eigenvalue weighted by Crippen LogP contribution is 2.27. The fourth-order valence-corrected chi connectivity index (χ4v) is 1.84. The second kappa shape index (κ2) is 5.96. The first kappa shape index (κ1) is 13.0. The van der Waals surface area contributed by atoms with Gasteiger partial charge in [-0.15, -0.1) is 0 Å². The molecule has 0 aromatic heterocycles. The number of carbonyl (C=O) groups is 1. The van der Waals surface area contributed by atoms with Gasteiger partial charge in [-0.25, -0.2) is 4.39 Å². The Balaban J connectivity index is 1.73. The zero-order valence-corrected chi connectivity index (χ0v) is 10.6. The van der Waals surface area contributed by atoms with E-state index < -0.39 is 0 Å². The number of nitrogens with one attached hydrogen (secondary N) is 2. The number of hydrogen-bond donors (Lipinski definition) is 2. The molecule has 3 nitrogen and oxygen atoms in total. The molecule has 1 atom stereocenters. The second-order valence-electron chi connectivity index (χ2n) is 4.92. The molecule has 1 aromatic carbocycles. The van der Waals surface area contributed by atoms with Crippen LogP contribution in [0.2, 0.25) is 0 Å². The van der Waals surface area contributed by atoms with E-state index in [1.807, 2.05) is 6.92 Å². The van der Waals surface area contributed by atoms with E-state index in [0.29, 0.717) is 6.54 Å². The van der Waals surface area contributed by atoms with Gasteiger partial charge < -0.3 is 10.6 Å².